The number of hydrogen-bond acceptors (Lipinski definition) is 16. The SMILES string of the molecule is CC(=O)N[C@@H]1[C@@H](O[C@@H]2O[C@H](CO)[C@@H](O)[C@H](O)[C@H]2O[C@H]2O[C@H](CO)[C@@H](O)[C@H](O)[C@H]2O)[C@H](O)[C@@H](CO)O[C@H]1O. The zero-order chi connectivity index (χ0) is 27.6. The van der Waals surface area contributed by atoms with Crippen molar-refractivity contribution in [3.05, 3.63) is 0 Å². The Kier molecular flexibility index (Phi) is 10.5. The minimum Gasteiger partial charge on any atom is -0.394 e. The van der Waals surface area contributed by atoms with Crippen molar-refractivity contribution >= 4 is 5.91 Å². The van der Waals surface area contributed by atoms with Crippen molar-refractivity contribution in [3.8, 4) is 0 Å². The predicted molar refractivity (Wildman–Crippen MR) is 113 cm³/mol. The minimum atomic E-state index is -1.90. The molecule has 3 aliphatic heterocycles. The fourth-order valence-electron chi connectivity index (χ4n) is 4.43. The van der Waals surface area contributed by atoms with E-state index >= 15 is 0 Å². The molecular weight excluding hydrogens is 510 g/mol. The van der Waals surface area contributed by atoms with Gasteiger partial charge in [-0.15, -0.1) is 0 Å². The summed E-state index contributed by atoms with van der Waals surface area (Å²) in [4.78, 5) is 11.7. The Bertz CT molecular complexity index is 745. The highest BCUT2D eigenvalue weighted by molar-refractivity contribution is 5.73. The fraction of sp³-hybridized carbons (Fsp3) is 0.950. The zero-order valence-corrected chi connectivity index (χ0v) is 19.7. The van der Waals surface area contributed by atoms with Crippen LogP contribution in [-0.2, 0) is 28.5 Å². The summed E-state index contributed by atoms with van der Waals surface area (Å²) in [5.41, 5.74) is 0. The molecule has 0 unspecified atom stereocenters. The van der Waals surface area contributed by atoms with Gasteiger partial charge in [0.1, 0.15) is 73.2 Å². The van der Waals surface area contributed by atoms with Gasteiger partial charge in [0.15, 0.2) is 18.9 Å². The van der Waals surface area contributed by atoms with Crippen molar-refractivity contribution in [2.75, 3.05) is 19.8 Å². The van der Waals surface area contributed by atoms with Crippen molar-refractivity contribution < 1.29 is 79.5 Å². The Morgan fingerprint density at radius 2 is 1.14 bits per heavy atom. The molecule has 0 spiro atoms. The second-order valence-electron chi connectivity index (χ2n) is 9.07. The number of carbonyl (C=O) groups excluding carboxylic acids is 1. The molecule has 216 valence electrons. The Morgan fingerprint density at radius 1 is 0.649 bits per heavy atom. The van der Waals surface area contributed by atoms with Gasteiger partial charge in [-0.25, -0.2) is 0 Å². The molecule has 3 saturated heterocycles. The van der Waals surface area contributed by atoms with Crippen molar-refractivity contribution in [3.63, 3.8) is 0 Å². The van der Waals surface area contributed by atoms with Crippen LogP contribution in [0.25, 0.3) is 0 Å². The maximum atomic E-state index is 11.7. The molecule has 15 atom stereocenters. The van der Waals surface area contributed by atoms with Gasteiger partial charge in [-0.05, 0) is 0 Å². The lowest BCUT2D eigenvalue weighted by atomic mass is 9.95. The zero-order valence-electron chi connectivity index (χ0n) is 19.7. The highest BCUT2D eigenvalue weighted by Gasteiger charge is 2.54. The van der Waals surface area contributed by atoms with Crippen LogP contribution in [0.3, 0.4) is 0 Å². The molecule has 0 aromatic carbocycles. The van der Waals surface area contributed by atoms with E-state index < -0.39 is 118 Å². The highest BCUT2D eigenvalue weighted by atomic mass is 16.8. The van der Waals surface area contributed by atoms with Crippen LogP contribution in [0.4, 0.5) is 0 Å². The first-order chi connectivity index (χ1) is 17.4. The van der Waals surface area contributed by atoms with E-state index in [0.29, 0.717) is 0 Å². The summed E-state index contributed by atoms with van der Waals surface area (Å²) in [5.74, 6) is -0.654. The molecule has 0 aromatic rings. The summed E-state index contributed by atoms with van der Waals surface area (Å²) >= 11 is 0. The van der Waals surface area contributed by atoms with E-state index in [2.05, 4.69) is 5.32 Å². The number of amides is 1. The van der Waals surface area contributed by atoms with E-state index in [1.807, 2.05) is 0 Å². The standard InChI is InChI=1S/C20H35NO16/c1-5(25)21-9-16(12(28)8(4-24)33-18(9)32)36-20-17(14(30)11(27)7(3-23)35-20)37-19-15(31)13(29)10(26)6(2-22)34-19/h6-20,22-24,26-32H,2-4H2,1H3,(H,21,25)/t6-,7-,8-,9-,10-,11-,12-,13+,14+,15-,16-,17-,18-,19-,20+/m1/s1. The topological polar surface area (TPSA) is 278 Å². The first-order valence-corrected chi connectivity index (χ1v) is 11.6. The summed E-state index contributed by atoms with van der Waals surface area (Å²) in [7, 11) is 0. The van der Waals surface area contributed by atoms with Gasteiger partial charge in [0.05, 0.1) is 19.8 Å². The molecular formula is C20H35NO16. The molecule has 0 radical (unpaired) electrons. The lowest BCUT2D eigenvalue weighted by Gasteiger charge is -2.48. The molecule has 37 heavy (non-hydrogen) atoms. The highest BCUT2D eigenvalue weighted by Crippen LogP contribution is 2.32. The van der Waals surface area contributed by atoms with Crippen LogP contribution in [0, 0.1) is 0 Å². The van der Waals surface area contributed by atoms with Crippen molar-refractivity contribution in [1.29, 1.82) is 0 Å². The fourth-order valence-corrected chi connectivity index (χ4v) is 4.43. The number of aliphatic hydroxyl groups excluding tert-OH is 10. The van der Waals surface area contributed by atoms with Crippen molar-refractivity contribution in [2.24, 2.45) is 0 Å². The van der Waals surface area contributed by atoms with Gasteiger partial charge in [0.2, 0.25) is 5.91 Å². The lowest BCUT2D eigenvalue weighted by molar-refractivity contribution is -0.381. The lowest BCUT2D eigenvalue weighted by Crippen LogP contribution is -2.68. The average molecular weight is 545 g/mol. The molecule has 0 aliphatic carbocycles. The van der Waals surface area contributed by atoms with Gasteiger partial charge >= 0.3 is 0 Å². The minimum absolute atomic E-state index is 0.654. The predicted octanol–water partition coefficient (Wildman–Crippen LogP) is -7.43. The van der Waals surface area contributed by atoms with E-state index in [1.54, 1.807) is 0 Å². The van der Waals surface area contributed by atoms with Crippen molar-refractivity contribution in [1.82, 2.24) is 5.32 Å². The monoisotopic (exact) mass is 545 g/mol. The Morgan fingerprint density at radius 3 is 1.68 bits per heavy atom. The van der Waals surface area contributed by atoms with E-state index in [9.17, 15) is 55.9 Å². The molecule has 17 heteroatoms. The second kappa shape index (κ2) is 12.8. The first-order valence-electron chi connectivity index (χ1n) is 11.6. The van der Waals surface area contributed by atoms with Crippen LogP contribution in [0.5, 0.6) is 0 Å². The smallest absolute Gasteiger partial charge is 0.217 e. The normalized spacial score (nSPS) is 49.0. The molecule has 3 fully saturated rings. The number of aliphatic hydroxyl groups is 10. The molecule has 0 saturated carbocycles. The Balaban J connectivity index is 1.90. The quantitative estimate of drug-likeness (QED) is 0.135. The largest absolute Gasteiger partial charge is 0.394 e. The molecule has 11 N–H and O–H groups in total. The van der Waals surface area contributed by atoms with Crippen LogP contribution < -0.4 is 5.32 Å². The average Bonchev–Trinajstić information content (AvgIpc) is 2.86. The van der Waals surface area contributed by atoms with Gasteiger partial charge in [-0.2, -0.15) is 0 Å². The number of rotatable bonds is 8. The van der Waals surface area contributed by atoms with Gasteiger partial charge < -0.3 is 80.1 Å². The summed E-state index contributed by atoms with van der Waals surface area (Å²) < 4.78 is 27.2. The van der Waals surface area contributed by atoms with Crippen LogP contribution in [0.15, 0.2) is 0 Å². The van der Waals surface area contributed by atoms with Crippen LogP contribution >= 0.6 is 0 Å². The van der Waals surface area contributed by atoms with E-state index in [-0.39, 0.29) is 0 Å². The first kappa shape index (κ1) is 30.4. The summed E-state index contributed by atoms with van der Waals surface area (Å²) in [6.45, 7) is -1.24. The molecule has 17 nitrogen and oxygen atoms in total. The number of nitrogens with one attached hydrogen (secondary N) is 1. The van der Waals surface area contributed by atoms with Gasteiger partial charge in [0.25, 0.3) is 0 Å². The van der Waals surface area contributed by atoms with Gasteiger partial charge in [0, 0.05) is 6.92 Å². The summed E-state index contributed by atoms with van der Waals surface area (Å²) in [6.07, 6.45) is -23.7. The number of carbonyl (C=O) groups is 1. The Labute approximate surface area is 210 Å². The maximum Gasteiger partial charge on any atom is 0.217 e. The molecule has 1 amide bonds. The number of hydrogen-bond donors (Lipinski definition) is 11. The van der Waals surface area contributed by atoms with E-state index in [1.165, 1.54) is 0 Å². The number of ether oxygens (including phenoxy) is 5. The van der Waals surface area contributed by atoms with Gasteiger partial charge in [-0.3, -0.25) is 4.79 Å². The van der Waals surface area contributed by atoms with Crippen LogP contribution in [0.1, 0.15) is 6.92 Å². The van der Waals surface area contributed by atoms with Crippen molar-refractivity contribution in [2.45, 2.75) is 99.0 Å². The molecule has 0 aromatic heterocycles. The van der Waals surface area contributed by atoms with E-state index in [4.69, 9.17) is 23.7 Å². The molecule has 0 bridgehead atoms. The maximum absolute atomic E-state index is 11.7. The third kappa shape index (κ3) is 6.38. The van der Waals surface area contributed by atoms with E-state index in [0.717, 1.165) is 6.92 Å². The third-order valence-corrected chi connectivity index (χ3v) is 6.50. The van der Waals surface area contributed by atoms with Gasteiger partial charge in [-0.1, -0.05) is 0 Å². The Hall–Kier alpha value is -1.13. The summed E-state index contributed by atoms with van der Waals surface area (Å²) in [6, 6.07) is -1.43. The van der Waals surface area contributed by atoms with Crippen LogP contribution in [-0.4, -0.2) is 169 Å². The van der Waals surface area contributed by atoms with Crippen LogP contribution in [0.2, 0.25) is 0 Å². The molecule has 3 aliphatic rings. The summed E-state index contributed by atoms with van der Waals surface area (Å²) in [5, 5.41) is 103. The second-order valence-corrected chi connectivity index (χ2v) is 9.07. The molecule has 3 rings (SSSR count). The third-order valence-electron chi connectivity index (χ3n) is 6.50. The molecule has 3 heterocycles.